The van der Waals surface area contributed by atoms with Gasteiger partial charge in [-0.1, -0.05) is 12.1 Å². The number of benzene rings is 1. The van der Waals surface area contributed by atoms with Crippen molar-refractivity contribution in [2.45, 2.75) is 6.42 Å². The van der Waals surface area contributed by atoms with E-state index in [1.807, 2.05) is 18.2 Å². The van der Waals surface area contributed by atoms with Crippen LogP contribution in [0.1, 0.15) is 5.56 Å². The van der Waals surface area contributed by atoms with Gasteiger partial charge in [0, 0.05) is 0 Å². The molecule has 3 heteroatoms. The molecule has 0 amide bonds. The normalized spacial score (nSPS) is 9.73. The monoisotopic (exact) mass is 210 g/mol. The number of allylic oxidation sites excluding steroid dienone is 1. The van der Waals surface area contributed by atoms with Gasteiger partial charge in [-0.25, -0.2) is 4.39 Å². The van der Waals surface area contributed by atoms with E-state index in [4.69, 9.17) is 9.47 Å². The van der Waals surface area contributed by atoms with Gasteiger partial charge in [-0.3, -0.25) is 0 Å². The zero-order valence-corrected chi connectivity index (χ0v) is 8.83. The number of hydrogen-bond acceptors (Lipinski definition) is 2. The smallest absolute Gasteiger partial charge is 0.161 e. The highest BCUT2D eigenvalue weighted by Crippen LogP contribution is 2.28. The Morgan fingerprint density at radius 2 is 2.20 bits per heavy atom. The van der Waals surface area contributed by atoms with Gasteiger partial charge in [-0.05, 0) is 24.1 Å². The molecule has 0 aliphatic heterocycles. The van der Waals surface area contributed by atoms with Crippen LogP contribution in [-0.2, 0) is 6.42 Å². The van der Waals surface area contributed by atoms with E-state index in [2.05, 4.69) is 6.58 Å². The molecule has 0 aromatic heterocycles. The molecule has 0 heterocycles. The summed E-state index contributed by atoms with van der Waals surface area (Å²) in [4.78, 5) is 0. The summed E-state index contributed by atoms with van der Waals surface area (Å²) in [6, 6.07) is 5.57. The van der Waals surface area contributed by atoms with Crippen LogP contribution in [0.5, 0.6) is 11.5 Å². The molecule has 1 rings (SSSR count). The Hall–Kier alpha value is -1.51. The molecule has 0 bridgehead atoms. The molecule has 0 aliphatic carbocycles. The second-order valence-corrected chi connectivity index (χ2v) is 3.02. The standard InChI is InChI=1S/C12H15FO2/c1-3-4-10-5-6-11(15-8-7-13)12(9-10)14-2/h3,5-6,9H,1,4,7-8H2,2H3. The number of halogens is 1. The maximum atomic E-state index is 11.9. The lowest BCUT2D eigenvalue weighted by Crippen LogP contribution is -2.00. The molecule has 0 aliphatic rings. The topological polar surface area (TPSA) is 18.5 Å². The Morgan fingerprint density at radius 3 is 2.80 bits per heavy atom. The van der Waals surface area contributed by atoms with Gasteiger partial charge < -0.3 is 9.47 Å². The van der Waals surface area contributed by atoms with Crippen molar-refractivity contribution in [2.24, 2.45) is 0 Å². The summed E-state index contributed by atoms with van der Waals surface area (Å²) in [5.74, 6) is 1.20. The molecule has 0 saturated heterocycles. The Labute approximate surface area is 89.3 Å². The first-order valence-electron chi connectivity index (χ1n) is 4.78. The van der Waals surface area contributed by atoms with Gasteiger partial charge in [0.2, 0.25) is 0 Å². The molecule has 0 fully saturated rings. The summed E-state index contributed by atoms with van der Waals surface area (Å²) >= 11 is 0. The molecular weight excluding hydrogens is 195 g/mol. The average molecular weight is 210 g/mol. The van der Waals surface area contributed by atoms with Crippen LogP contribution in [0.2, 0.25) is 0 Å². The predicted molar refractivity (Wildman–Crippen MR) is 58.4 cm³/mol. The van der Waals surface area contributed by atoms with Gasteiger partial charge in [0.05, 0.1) is 7.11 Å². The van der Waals surface area contributed by atoms with Gasteiger partial charge in [-0.15, -0.1) is 6.58 Å². The summed E-state index contributed by atoms with van der Waals surface area (Å²) in [6.45, 7) is 3.21. The van der Waals surface area contributed by atoms with Crippen LogP contribution in [0.3, 0.4) is 0 Å². The van der Waals surface area contributed by atoms with Crippen molar-refractivity contribution in [1.82, 2.24) is 0 Å². The Morgan fingerprint density at radius 1 is 1.40 bits per heavy atom. The van der Waals surface area contributed by atoms with Crippen molar-refractivity contribution in [2.75, 3.05) is 20.4 Å². The lowest BCUT2D eigenvalue weighted by atomic mass is 10.1. The molecule has 0 radical (unpaired) electrons. The molecule has 82 valence electrons. The van der Waals surface area contributed by atoms with Crippen molar-refractivity contribution < 1.29 is 13.9 Å². The highest BCUT2D eigenvalue weighted by atomic mass is 19.1. The van der Waals surface area contributed by atoms with Crippen molar-refractivity contribution in [3.8, 4) is 11.5 Å². The second-order valence-electron chi connectivity index (χ2n) is 3.02. The lowest BCUT2D eigenvalue weighted by Gasteiger charge is -2.10. The third-order valence-corrected chi connectivity index (χ3v) is 1.94. The maximum Gasteiger partial charge on any atom is 0.161 e. The fourth-order valence-corrected chi connectivity index (χ4v) is 1.27. The van der Waals surface area contributed by atoms with E-state index in [0.717, 1.165) is 12.0 Å². The van der Waals surface area contributed by atoms with Crippen LogP contribution in [0.25, 0.3) is 0 Å². The molecular formula is C12H15FO2. The predicted octanol–water partition coefficient (Wildman–Crippen LogP) is 2.77. The molecule has 2 nitrogen and oxygen atoms in total. The molecule has 0 spiro atoms. The van der Waals surface area contributed by atoms with Crippen molar-refractivity contribution in [3.63, 3.8) is 0 Å². The maximum absolute atomic E-state index is 11.9. The van der Waals surface area contributed by atoms with Crippen molar-refractivity contribution >= 4 is 0 Å². The van der Waals surface area contributed by atoms with E-state index in [1.54, 1.807) is 13.2 Å². The number of methoxy groups -OCH3 is 1. The summed E-state index contributed by atoms with van der Waals surface area (Å²) in [7, 11) is 1.56. The van der Waals surface area contributed by atoms with Gasteiger partial charge in [-0.2, -0.15) is 0 Å². The van der Waals surface area contributed by atoms with Gasteiger partial charge in [0.15, 0.2) is 11.5 Å². The van der Waals surface area contributed by atoms with Crippen molar-refractivity contribution in [1.29, 1.82) is 0 Å². The van der Waals surface area contributed by atoms with Crippen LogP contribution in [-0.4, -0.2) is 20.4 Å². The first-order valence-corrected chi connectivity index (χ1v) is 4.78. The largest absolute Gasteiger partial charge is 0.493 e. The van der Waals surface area contributed by atoms with Crippen LogP contribution < -0.4 is 9.47 Å². The SMILES string of the molecule is C=CCc1ccc(OCCF)c(OC)c1. The van der Waals surface area contributed by atoms with Crippen LogP contribution >= 0.6 is 0 Å². The summed E-state index contributed by atoms with van der Waals surface area (Å²) in [5.41, 5.74) is 1.09. The van der Waals surface area contributed by atoms with E-state index < -0.39 is 6.67 Å². The molecule has 0 saturated carbocycles. The Balaban J connectivity index is 2.82. The van der Waals surface area contributed by atoms with Crippen LogP contribution in [0.15, 0.2) is 30.9 Å². The quantitative estimate of drug-likeness (QED) is 0.672. The Kier molecular flexibility index (Phi) is 4.68. The number of hydrogen-bond donors (Lipinski definition) is 0. The van der Waals surface area contributed by atoms with Gasteiger partial charge in [0.1, 0.15) is 13.3 Å². The second kappa shape index (κ2) is 6.06. The number of rotatable bonds is 6. The van der Waals surface area contributed by atoms with E-state index in [1.165, 1.54) is 0 Å². The van der Waals surface area contributed by atoms with Crippen LogP contribution in [0.4, 0.5) is 4.39 Å². The fourth-order valence-electron chi connectivity index (χ4n) is 1.27. The lowest BCUT2D eigenvalue weighted by molar-refractivity contribution is 0.260. The molecule has 1 aromatic rings. The first-order chi connectivity index (χ1) is 7.31. The molecule has 1 aromatic carbocycles. The minimum absolute atomic E-state index is 0.0527. The zero-order chi connectivity index (χ0) is 11.1. The van der Waals surface area contributed by atoms with Crippen LogP contribution in [0, 0.1) is 0 Å². The summed E-state index contributed by atoms with van der Waals surface area (Å²) in [5, 5.41) is 0. The minimum atomic E-state index is -0.502. The summed E-state index contributed by atoms with van der Waals surface area (Å²) in [6.07, 6.45) is 2.59. The van der Waals surface area contributed by atoms with Crippen molar-refractivity contribution in [3.05, 3.63) is 36.4 Å². The highest BCUT2D eigenvalue weighted by molar-refractivity contribution is 5.43. The average Bonchev–Trinajstić information content (AvgIpc) is 2.27. The minimum Gasteiger partial charge on any atom is -0.493 e. The number of alkyl halides is 1. The van der Waals surface area contributed by atoms with E-state index in [-0.39, 0.29) is 6.61 Å². The fraction of sp³-hybridized carbons (Fsp3) is 0.333. The number of ether oxygens (including phenoxy) is 2. The van der Waals surface area contributed by atoms with E-state index in [0.29, 0.717) is 11.5 Å². The highest BCUT2D eigenvalue weighted by Gasteiger charge is 2.04. The molecule has 15 heavy (non-hydrogen) atoms. The molecule has 0 N–H and O–H groups in total. The molecule has 0 atom stereocenters. The third-order valence-electron chi connectivity index (χ3n) is 1.94. The van der Waals surface area contributed by atoms with E-state index >= 15 is 0 Å². The third kappa shape index (κ3) is 3.27. The first kappa shape index (κ1) is 11.6. The van der Waals surface area contributed by atoms with E-state index in [9.17, 15) is 4.39 Å². The summed E-state index contributed by atoms with van der Waals surface area (Å²) < 4.78 is 22.3. The van der Waals surface area contributed by atoms with Gasteiger partial charge >= 0.3 is 0 Å². The molecule has 0 unspecified atom stereocenters. The van der Waals surface area contributed by atoms with Gasteiger partial charge in [0.25, 0.3) is 0 Å². The Bertz CT molecular complexity index is 323. The zero-order valence-electron chi connectivity index (χ0n) is 8.83.